The number of ketones is 1. The fraction of sp³-hybridized carbons (Fsp3) is 0.188. The van der Waals surface area contributed by atoms with Gasteiger partial charge in [-0.15, -0.1) is 0 Å². The molecule has 20 heavy (non-hydrogen) atoms. The number of ether oxygens (including phenoxy) is 2. The molecule has 0 bridgehead atoms. The van der Waals surface area contributed by atoms with Gasteiger partial charge in [0, 0.05) is 6.42 Å². The molecule has 4 heteroatoms. The van der Waals surface area contributed by atoms with E-state index in [1.165, 1.54) is 13.2 Å². The molecular formula is C16H15FO3. The van der Waals surface area contributed by atoms with E-state index < -0.39 is 5.82 Å². The first-order chi connectivity index (χ1) is 9.70. The fourth-order valence-corrected chi connectivity index (χ4v) is 1.79. The number of para-hydroxylation sites is 1. The molecule has 2 aromatic carbocycles. The Kier molecular flexibility index (Phi) is 4.71. The summed E-state index contributed by atoms with van der Waals surface area (Å²) < 4.78 is 24.1. The molecule has 0 heterocycles. The van der Waals surface area contributed by atoms with Crippen molar-refractivity contribution in [3.05, 3.63) is 59.9 Å². The predicted molar refractivity (Wildman–Crippen MR) is 73.6 cm³/mol. The predicted octanol–water partition coefficient (Wildman–Crippen LogP) is 3.02. The van der Waals surface area contributed by atoms with Gasteiger partial charge in [-0.05, 0) is 23.8 Å². The van der Waals surface area contributed by atoms with Gasteiger partial charge in [-0.3, -0.25) is 4.79 Å². The topological polar surface area (TPSA) is 35.5 Å². The van der Waals surface area contributed by atoms with E-state index in [2.05, 4.69) is 0 Å². The highest BCUT2D eigenvalue weighted by atomic mass is 19.1. The molecule has 3 nitrogen and oxygen atoms in total. The van der Waals surface area contributed by atoms with Gasteiger partial charge in [0.25, 0.3) is 0 Å². The number of methoxy groups -OCH3 is 1. The van der Waals surface area contributed by atoms with Gasteiger partial charge in [-0.1, -0.05) is 30.3 Å². The number of rotatable bonds is 6. The van der Waals surface area contributed by atoms with Gasteiger partial charge in [-0.25, -0.2) is 4.39 Å². The van der Waals surface area contributed by atoms with Crippen LogP contribution in [-0.4, -0.2) is 19.5 Å². The van der Waals surface area contributed by atoms with Crippen molar-refractivity contribution in [3.63, 3.8) is 0 Å². The van der Waals surface area contributed by atoms with Crippen LogP contribution in [0.25, 0.3) is 0 Å². The van der Waals surface area contributed by atoms with Crippen molar-refractivity contribution in [1.82, 2.24) is 0 Å². The van der Waals surface area contributed by atoms with E-state index in [4.69, 9.17) is 9.47 Å². The first kappa shape index (κ1) is 14.1. The summed E-state index contributed by atoms with van der Waals surface area (Å²) >= 11 is 0. The lowest BCUT2D eigenvalue weighted by molar-refractivity contribution is -0.120. The van der Waals surface area contributed by atoms with Gasteiger partial charge in [0.1, 0.15) is 12.4 Å². The highest BCUT2D eigenvalue weighted by molar-refractivity contribution is 5.82. The van der Waals surface area contributed by atoms with Gasteiger partial charge in [-0.2, -0.15) is 0 Å². The molecule has 0 aliphatic carbocycles. The zero-order chi connectivity index (χ0) is 14.4. The summed E-state index contributed by atoms with van der Waals surface area (Å²) in [6, 6.07) is 13.8. The maximum absolute atomic E-state index is 13.9. The van der Waals surface area contributed by atoms with Crippen molar-refractivity contribution >= 4 is 5.78 Å². The van der Waals surface area contributed by atoms with Crippen LogP contribution in [0, 0.1) is 5.82 Å². The van der Waals surface area contributed by atoms with Gasteiger partial charge in [0.05, 0.1) is 7.11 Å². The maximum Gasteiger partial charge on any atom is 0.174 e. The average molecular weight is 274 g/mol. The SMILES string of the molecule is COc1cccc(CC(=O)COc2ccccc2)c1F. The van der Waals surface area contributed by atoms with Crippen molar-refractivity contribution in [2.75, 3.05) is 13.7 Å². The zero-order valence-electron chi connectivity index (χ0n) is 11.1. The molecular weight excluding hydrogens is 259 g/mol. The third kappa shape index (κ3) is 3.57. The summed E-state index contributed by atoms with van der Waals surface area (Å²) in [6.07, 6.45) is -0.0180. The number of benzene rings is 2. The van der Waals surface area contributed by atoms with E-state index in [0.717, 1.165) is 0 Å². The Morgan fingerprint density at radius 2 is 1.85 bits per heavy atom. The van der Waals surface area contributed by atoms with Crippen LogP contribution in [0.5, 0.6) is 11.5 Å². The second-order valence-corrected chi connectivity index (χ2v) is 4.25. The Bertz CT molecular complexity index is 582. The Morgan fingerprint density at radius 3 is 2.55 bits per heavy atom. The van der Waals surface area contributed by atoms with Crippen molar-refractivity contribution in [2.24, 2.45) is 0 Å². The number of hydrogen-bond donors (Lipinski definition) is 0. The van der Waals surface area contributed by atoms with Crippen LogP contribution in [0.1, 0.15) is 5.56 Å². The maximum atomic E-state index is 13.9. The first-order valence-corrected chi connectivity index (χ1v) is 6.21. The summed E-state index contributed by atoms with van der Waals surface area (Å²) in [7, 11) is 1.39. The normalized spacial score (nSPS) is 10.1. The van der Waals surface area contributed by atoms with Crippen molar-refractivity contribution in [2.45, 2.75) is 6.42 Å². The molecule has 0 spiro atoms. The lowest BCUT2D eigenvalue weighted by Gasteiger charge is -2.08. The Labute approximate surface area is 117 Å². The van der Waals surface area contributed by atoms with Crippen LogP contribution < -0.4 is 9.47 Å². The minimum absolute atomic E-state index is 0.0180. The molecule has 0 aliphatic heterocycles. The number of hydrogen-bond acceptors (Lipinski definition) is 3. The van der Waals surface area contributed by atoms with Gasteiger partial charge in [0.2, 0.25) is 0 Å². The Balaban J connectivity index is 1.95. The second-order valence-electron chi connectivity index (χ2n) is 4.25. The summed E-state index contributed by atoms with van der Waals surface area (Å²) in [5, 5.41) is 0. The minimum Gasteiger partial charge on any atom is -0.494 e. The number of halogens is 1. The molecule has 0 aliphatic rings. The molecule has 2 rings (SSSR count). The van der Waals surface area contributed by atoms with Gasteiger partial charge < -0.3 is 9.47 Å². The van der Waals surface area contributed by atoms with Crippen LogP contribution >= 0.6 is 0 Å². The van der Waals surface area contributed by atoms with Crippen molar-refractivity contribution in [3.8, 4) is 11.5 Å². The van der Waals surface area contributed by atoms with Crippen LogP contribution in [0.15, 0.2) is 48.5 Å². The molecule has 2 aromatic rings. The van der Waals surface area contributed by atoms with E-state index in [1.807, 2.05) is 18.2 Å². The summed E-state index contributed by atoms with van der Waals surface area (Å²) in [5.74, 6) is 0.0651. The standard InChI is InChI=1S/C16H15FO3/c1-19-15-9-5-6-12(16(15)17)10-13(18)11-20-14-7-3-2-4-8-14/h2-9H,10-11H2,1H3. The number of Topliss-reactive ketones (excluding diaryl/α,β-unsaturated/α-hetero) is 1. The Morgan fingerprint density at radius 1 is 1.10 bits per heavy atom. The number of carbonyl (C=O) groups excluding carboxylic acids is 1. The fourth-order valence-electron chi connectivity index (χ4n) is 1.79. The molecule has 0 fully saturated rings. The molecule has 0 saturated carbocycles. The van der Waals surface area contributed by atoms with Crippen molar-refractivity contribution in [1.29, 1.82) is 0 Å². The molecule has 0 amide bonds. The molecule has 0 unspecified atom stereocenters. The van der Waals surface area contributed by atoms with E-state index in [-0.39, 0.29) is 24.6 Å². The molecule has 0 radical (unpaired) electrons. The quantitative estimate of drug-likeness (QED) is 0.812. The Hall–Kier alpha value is -2.36. The van der Waals surface area contributed by atoms with E-state index in [0.29, 0.717) is 11.3 Å². The largest absolute Gasteiger partial charge is 0.494 e. The summed E-state index contributed by atoms with van der Waals surface area (Å²) in [4.78, 5) is 11.8. The monoisotopic (exact) mass is 274 g/mol. The summed E-state index contributed by atoms with van der Waals surface area (Å²) in [5.41, 5.74) is 0.311. The smallest absolute Gasteiger partial charge is 0.174 e. The molecule has 0 atom stereocenters. The second kappa shape index (κ2) is 6.70. The lowest BCUT2D eigenvalue weighted by Crippen LogP contribution is -2.14. The van der Waals surface area contributed by atoms with Crippen LogP contribution in [0.3, 0.4) is 0 Å². The van der Waals surface area contributed by atoms with Crippen LogP contribution in [0.4, 0.5) is 4.39 Å². The summed E-state index contributed by atoms with van der Waals surface area (Å²) in [6.45, 7) is -0.0827. The third-order valence-electron chi connectivity index (χ3n) is 2.79. The average Bonchev–Trinajstić information content (AvgIpc) is 2.48. The molecule has 0 saturated heterocycles. The van der Waals surface area contributed by atoms with Gasteiger partial charge >= 0.3 is 0 Å². The minimum atomic E-state index is -0.497. The molecule has 104 valence electrons. The van der Waals surface area contributed by atoms with Crippen LogP contribution in [0.2, 0.25) is 0 Å². The van der Waals surface area contributed by atoms with Gasteiger partial charge in [0.15, 0.2) is 17.3 Å². The lowest BCUT2D eigenvalue weighted by atomic mass is 10.1. The van der Waals surface area contributed by atoms with E-state index in [1.54, 1.807) is 24.3 Å². The molecule has 0 aromatic heterocycles. The highest BCUT2D eigenvalue weighted by Gasteiger charge is 2.12. The van der Waals surface area contributed by atoms with E-state index in [9.17, 15) is 9.18 Å². The number of carbonyl (C=O) groups is 1. The third-order valence-corrected chi connectivity index (χ3v) is 2.79. The first-order valence-electron chi connectivity index (χ1n) is 6.21. The highest BCUT2D eigenvalue weighted by Crippen LogP contribution is 2.20. The van der Waals surface area contributed by atoms with E-state index >= 15 is 0 Å². The zero-order valence-corrected chi connectivity index (χ0v) is 11.1. The van der Waals surface area contributed by atoms with Crippen molar-refractivity contribution < 1.29 is 18.7 Å². The van der Waals surface area contributed by atoms with Crippen LogP contribution in [-0.2, 0) is 11.2 Å². The molecule has 0 N–H and O–H groups in total.